The molecule has 2 heterocycles. The van der Waals surface area contributed by atoms with Gasteiger partial charge in [0.25, 0.3) is 0 Å². The molecule has 4 aromatic rings. The van der Waals surface area contributed by atoms with E-state index in [-0.39, 0.29) is 0 Å². The standard InChI is InChI=1S/C21H15ClN2O/c22-18-7-6-17(10-15-12-23-14-24-13-15)19(11-18)21-9-8-20(25-21)16-4-2-1-3-5-16/h1-9,11-14H,10H2. The first kappa shape index (κ1) is 15.6. The van der Waals surface area contributed by atoms with Crippen LogP contribution in [0.5, 0.6) is 0 Å². The van der Waals surface area contributed by atoms with E-state index in [0.717, 1.165) is 33.8 Å². The molecule has 0 aliphatic heterocycles. The average Bonchev–Trinajstić information content (AvgIpc) is 3.15. The van der Waals surface area contributed by atoms with Crippen molar-refractivity contribution in [2.75, 3.05) is 0 Å². The highest BCUT2D eigenvalue weighted by Gasteiger charge is 2.12. The lowest BCUT2D eigenvalue weighted by molar-refractivity contribution is 0.597. The third-order valence-corrected chi connectivity index (χ3v) is 4.25. The van der Waals surface area contributed by atoms with Crippen LogP contribution in [0.15, 0.2) is 83.8 Å². The van der Waals surface area contributed by atoms with Gasteiger partial charge < -0.3 is 4.42 Å². The van der Waals surface area contributed by atoms with Crippen molar-refractivity contribution in [1.29, 1.82) is 0 Å². The Morgan fingerprint density at radius 1 is 0.840 bits per heavy atom. The van der Waals surface area contributed by atoms with Crippen molar-refractivity contribution in [3.8, 4) is 22.6 Å². The predicted molar refractivity (Wildman–Crippen MR) is 99.4 cm³/mol. The van der Waals surface area contributed by atoms with Crippen LogP contribution in [0, 0.1) is 0 Å². The van der Waals surface area contributed by atoms with E-state index in [9.17, 15) is 0 Å². The summed E-state index contributed by atoms with van der Waals surface area (Å²) in [6, 6.07) is 19.9. The molecule has 0 atom stereocenters. The second-order valence-electron chi connectivity index (χ2n) is 5.75. The van der Waals surface area contributed by atoms with E-state index >= 15 is 0 Å². The highest BCUT2D eigenvalue weighted by atomic mass is 35.5. The molecule has 0 bridgehead atoms. The summed E-state index contributed by atoms with van der Waals surface area (Å²) in [4.78, 5) is 8.17. The maximum Gasteiger partial charge on any atom is 0.135 e. The maximum absolute atomic E-state index is 6.23. The van der Waals surface area contributed by atoms with Crippen molar-refractivity contribution in [2.45, 2.75) is 6.42 Å². The summed E-state index contributed by atoms with van der Waals surface area (Å²) in [6.45, 7) is 0. The average molecular weight is 347 g/mol. The fourth-order valence-corrected chi connectivity index (χ4v) is 2.99. The smallest absolute Gasteiger partial charge is 0.135 e. The van der Waals surface area contributed by atoms with Gasteiger partial charge >= 0.3 is 0 Å². The molecule has 2 aromatic carbocycles. The van der Waals surface area contributed by atoms with Crippen molar-refractivity contribution < 1.29 is 4.42 Å². The molecule has 2 aromatic heterocycles. The summed E-state index contributed by atoms with van der Waals surface area (Å²) in [5.74, 6) is 1.64. The molecule has 0 saturated carbocycles. The molecule has 3 nitrogen and oxygen atoms in total. The van der Waals surface area contributed by atoms with Crippen LogP contribution < -0.4 is 0 Å². The molecular weight excluding hydrogens is 332 g/mol. The molecule has 0 radical (unpaired) electrons. The Morgan fingerprint density at radius 3 is 2.40 bits per heavy atom. The van der Waals surface area contributed by atoms with Gasteiger partial charge in [-0.05, 0) is 35.4 Å². The van der Waals surface area contributed by atoms with Crippen molar-refractivity contribution >= 4 is 11.6 Å². The number of furan rings is 1. The van der Waals surface area contributed by atoms with Gasteiger partial charge in [0.1, 0.15) is 17.8 Å². The number of aromatic nitrogens is 2. The Hall–Kier alpha value is -2.91. The van der Waals surface area contributed by atoms with E-state index in [4.69, 9.17) is 16.0 Å². The number of hydrogen-bond acceptors (Lipinski definition) is 3. The molecular formula is C21H15ClN2O. The minimum Gasteiger partial charge on any atom is -0.456 e. The third kappa shape index (κ3) is 3.47. The summed E-state index contributed by atoms with van der Waals surface area (Å²) < 4.78 is 6.10. The van der Waals surface area contributed by atoms with Crippen molar-refractivity contribution in [2.24, 2.45) is 0 Å². The molecule has 0 fully saturated rings. The number of benzene rings is 2. The van der Waals surface area contributed by atoms with Gasteiger partial charge in [0.2, 0.25) is 0 Å². The fourth-order valence-electron chi connectivity index (χ4n) is 2.81. The lowest BCUT2D eigenvalue weighted by atomic mass is 10.00. The minimum atomic E-state index is 0.681. The summed E-state index contributed by atoms with van der Waals surface area (Å²) in [5.41, 5.74) is 4.20. The lowest BCUT2D eigenvalue weighted by Crippen LogP contribution is -1.93. The Labute approximate surface area is 151 Å². The first-order chi connectivity index (χ1) is 12.3. The van der Waals surface area contributed by atoms with Crippen molar-refractivity contribution in [3.63, 3.8) is 0 Å². The van der Waals surface area contributed by atoms with E-state index in [0.29, 0.717) is 11.4 Å². The molecule has 0 amide bonds. The number of nitrogens with zero attached hydrogens (tertiary/aromatic N) is 2. The number of rotatable bonds is 4. The largest absolute Gasteiger partial charge is 0.456 e. The van der Waals surface area contributed by atoms with Crippen molar-refractivity contribution in [1.82, 2.24) is 9.97 Å². The summed E-state index contributed by atoms with van der Waals surface area (Å²) in [7, 11) is 0. The lowest BCUT2D eigenvalue weighted by Gasteiger charge is -2.08. The molecule has 4 heteroatoms. The number of hydrogen-bond donors (Lipinski definition) is 0. The quantitative estimate of drug-likeness (QED) is 0.479. The van der Waals surface area contributed by atoms with Gasteiger partial charge in [0.15, 0.2) is 0 Å². The first-order valence-electron chi connectivity index (χ1n) is 7.97. The monoisotopic (exact) mass is 346 g/mol. The number of halogens is 1. The van der Waals surface area contributed by atoms with Gasteiger partial charge in [0.05, 0.1) is 0 Å². The molecule has 25 heavy (non-hydrogen) atoms. The fraction of sp³-hybridized carbons (Fsp3) is 0.0476. The third-order valence-electron chi connectivity index (χ3n) is 4.01. The van der Waals surface area contributed by atoms with Gasteiger partial charge in [-0.2, -0.15) is 0 Å². The molecule has 0 unspecified atom stereocenters. The topological polar surface area (TPSA) is 38.9 Å². The molecule has 0 aliphatic carbocycles. The van der Waals surface area contributed by atoms with Gasteiger partial charge in [-0.25, -0.2) is 9.97 Å². The highest BCUT2D eigenvalue weighted by molar-refractivity contribution is 6.30. The molecule has 0 saturated heterocycles. The summed E-state index contributed by atoms with van der Waals surface area (Å²) >= 11 is 6.23. The molecule has 122 valence electrons. The van der Waals surface area contributed by atoms with E-state index in [2.05, 4.69) is 9.97 Å². The van der Waals surface area contributed by atoms with Crippen LogP contribution in [-0.2, 0) is 6.42 Å². The Morgan fingerprint density at radius 2 is 1.60 bits per heavy atom. The Bertz CT molecular complexity index is 981. The van der Waals surface area contributed by atoms with Crippen LogP contribution in [0.4, 0.5) is 0 Å². The van der Waals surface area contributed by atoms with Gasteiger partial charge in [-0.1, -0.05) is 48.0 Å². The maximum atomic E-state index is 6.23. The SMILES string of the molecule is Clc1ccc(Cc2cncnc2)c(-c2ccc(-c3ccccc3)o2)c1. The van der Waals surface area contributed by atoms with Crippen LogP contribution in [-0.4, -0.2) is 9.97 Å². The molecule has 0 aliphatic rings. The normalized spacial score (nSPS) is 10.8. The summed E-state index contributed by atoms with van der Waals surface area (Å²) in [6.07, 6.45) is 5.89. The summed E-state index contributed by atoms with van der Waals surface area (Å²) in [5, 5.41) is 0.681. The van der Waals surface area contributed by atoms with Gasteiger partial charge in [0, 0.05) is 35.0 Å². The first-order valence-corrected chi connectivity index (χ1v) is 8.35. The molecule has 0 spiro atoms. The Kier molecular flexibility index (Phi) is 4.32. The Balaban J connectivity index is 1.73. The van der Waals surface area contributed by atoms with Crippen LogP contribution >= 0.6 is 11.6 Å². The second kappa shape index (κ2) is 6.91. The van der Waals surface area contributed by atoms with Crippen LogP contribution in [0.2, 0.25) is 5.02 Å². The zero-order valence-corrected chi connectivity index (χ0v) is 14.1. The van der Waals surface area contributed by atoms with Crippen molar-refractivity contribution in [3.05, 3.63) is 95.5 Å². The second-order valence-corrected chi connectivity index (χ2v) is 6.19. The van der Waals surface area contributed by atoms with Crippen LogP contribution in [0.3, 0.4) is 0 Å². The van der Waals surface area contributed by atoms with Gasteiger partial charge in [-0.3, -0.25) is 0 Å². The molecule has 0 N–H and O–H groups in total. The van der Waals surface area contributed by atoms with Crippen LogP contribution in [0.25, 0.3) is 22.6 Å². The zero-order chi connectivity index (χ0) is 17.1. The van der Waals surface area contributed by atoms with E-state index in [1.54, 1.807) is 0 Å². The highest BCUT2D eigenvalue weighted by Crippen LogP contribution is 2.33. The molecule has 4 rings (SSSR count). The van der Waals surface area contributed by atoms with E-state index < -0.39 is 0 Å². The van der Waals surface area contributed by atoms with E-state index in [1.165, 1.54) is 6.33 Å². The zero-order valence-electron chi connectivity index (χ0n) is 13.4. The minimum absolute atomic E-state index is 0.681. The predicted octanol–water partition coefficient (Wildman–Crippen LogP) is 5.65. The van der Waals surface area contributed by atoms with Gasteiger partial charge in [-0.15, -0.1) is 0 Å². The van der Waals surface area contributed by atoms with Crippen LogP contribution in [0.1, 0.15) is 11.1 Å². The van der Waals surface area contributed by atoms with E-state index in [1.807, 2.05) is 73.1 Å².